The molecule has 1 aromatic heterocycles. The third-order valence-electron chi connectivity index (χ3n) is 1.98. The van der Waals surface area contributed by atoms with Crippen LogP contribution in [0, 0.1) is 0 Å². The van der Waals surface area contributed by atoms with Crippen molar-refractivity contribution in [2.75, 3.05) is 6.26 Å². The highest BCUT2D eigenvalue weighted by molar-refractivity contribution is 7.91. The standard InChI is InChI=1S/C8H10Cl2O2S2/c1-5(14(2,11)12)7(10)8-6(9)3-4-13-8/h3-5,7H,1-2H3. The van der Waals surface area contributed by atoms with Crippen LogP contribution < -0.4 is 0 Å². The molecule has 0 aliphatic rings. The Labute approximate surface area is 97.8 Å². The van der Waals surface area contributed by atoms with E-state index in [0.29, 0.717) is 9.90 Å². The zero-order valence-electron chi connectivity index (χ0n) is 7.70. The summed E-state index contributed by atoms with van der Waals surface area (Å²) in [7, 11) is -3.13. The quantitative estimate of drug-likeness (QED) is 0.793. The fraction of sp³-hybridized carbons (Fsp3) is 0.500. The summed E-state index contributed by atoms with van der Waals surface area (Å²) in [6, 6.07) is 1.71. The van der Waals surface area contributed by atoms with Crippen molar-refractivity contribution < 1.29 is 8.42 Å². The van der Waals surface area contributed by atoms with Crippen molar-refractivity contribution in [1.29, 1.82) is 0 Å². The average Bonchev–Trinajstić information content (AvgIpc) is 2.47. The van der Waals surface area contributed by atoms with Crippen molar-refractivity contribution in [3.05, 3.63) is 21.3 Å². The lowest BCUT2D eigenvalue weighted by atomic mass is 10.3. The van der Waals surface area contributed by atoms with Crippen LogP contribution in [0.3, 0.4) is 0 Å². The van der Waals surface area contributed by atoms with Gasteiger partial charge in [-0.2, -0.15) is 0 Å². The van der Waals surface area contributed by atoms with Crippen LogP contribution >= 0.6 is 34.5 Å². The fourth-order valence-electron chi connectivity index (χ4n) is 0.932. The number of thiophene rings is 1. The Morgan fingerprint density at radius 1 is 1.50 bits per heavy atom. The molecule has 0 aliphatic heterocycles. The molecule has 0 aromatic carbocycles. The van der Waals surface area contributed by atoms with Gasteiger partial charge in [-0.05, 0) is 18.4 Å². The first-order valence-electron chi connectivity index (χ1n) is 3.90. The summed E-state index contributed by atoms with van der Waals surface area (Å²) in [6.45, 7) is 1.59. The van der Waals surface area contributed by atoms with Crippen molar-refractivity contribution in [2.45, 2.75) is 17.6 Å². The van der Waals surface area contributed by atoms with E-state index < -0.39 is 20.5 Å². The predicted octanol–water partition coefficient (Wildman–Crippen LogP) is 3.11. The van der Waals surface area contributed by atoms with E-state index in [1.807, 2.05) is 0 Å². The van der Waals surface area contributed by atoms with Gasteiger partial charge in [0, 0.05) is 11.1 Å². The van der Waals surface area contributed by atoms with Crippen molar-refractivity contribution >= 4 is 44.4 Å². The largest absolute Gasteiger partial charge is 0.229 e. The van der Waals surface area contributed by atoms with Crippen LogP contribution in [0.4, 0.5) is 0 Å². The first-order valence-corrected chi connectivity index (χ1v) is 7.54. The molecular formula is C8H10Cl2O2S2. The average molecular weight is 273 g/mol. The van der Waals surface area contributed by atoms with Crippen LogP contribution in [-0.2, 0) is 9.84 Å². The zero-order chi connectivity index (χ0) is 10.9. The molecular weight excluding hydrogens is 263 g/mol. The highest BCUT2D eigenvalue weighted by Gasteiger charge is 2.27. The molecule has 0 bridgehead atoms. The molecule has 0 radical (unpaired) electrons. The Morgan fingerprint density at radius 3 is 2.43 bits per heavy atom. The van der Waals surface area contributed by atoms with Gasteiger partial charge in [0.25, 0.3) is 0 Å². The number of halogens is 2. The minimum absolute atomic E-state index is 0.533. The lowest BCUT2D eigenvalue weighted by molar-refractivity contribution is 0.587. The summed E-state index contributed by atoms with van der Waals surface area (Å²) in [6.07, 6.45) is 1.18. The van der Waals surface area contributed by atoms with Gasteiger partial charge in [0.15, 0.2) is 9.84 Å². The van der Waals surface area contributed by atoms with Crippen molar-refractivity contribution in [2.24, 2.45) is 0 Å². The maximum absolute atomic E-state index is 11.3. The summed E-state index contributed by atoms with van der Waals surface area (Å²) in [5.74, 6) is 0. The van der Waals surface area contributed by atoms with Gasteiger partial charge in [0.2, 0.25) is 0 Å². The zero-order valence-corrected chi connectivity index (χ0v) is 10.8. The number of rotatable bonds is 3. The van der Waals surface area contributed by atoms with Crippen LogP contribution in [0.2, 0.25) is 5.02 Å². The van der Waals surface area contributed by atoms with E-state index in [4.69, 9.17) is 23.2 Å². The first kappa shape index (κ1) is 12.3. The molecule has 2 atom stereocenters. The van der Waals surface area contributed by atoms with Crippen LogP contribution in [-0.4, -0.2) is 19.9 Å². The molecule has 2 unspecified atom stereocenters. The van der Waals surface area contributed by atoms with Gasteiger partial charge in [-0.15, -0.1) is 22.9 Å². The highest BCUT2D eigenvalue weighted by Crippen LogP contribution is 2.36. The molecule has 6 heteroatoms. The Bertz CT molecular complexity index is 411. The van der Waals surface area contributed by atoms with Crippen molar-refractivity contribution in [3.8, 4) is 0 Å². The minimum atomic E-state index is -3.13. The molecule has 1 heterocycles. The number of hydrogen-bond acceptors (Lipinski definition) is 3. The van der Waals surface area contributed by atoms with Gasteiger partial charge in [-0.25, -0.2) is 8.42 Å². The monoisotopic (exact) mass is 272 g/mol. The van der Waals surface area contributed by atoms with Gasteiger partial charge in [-0.3, -0.25) is 0 Å². The van der Waals surface area contributed by atoms with E-state index in [-0.39, 0.29) is 0 Å². The van der Waals surface area contributed by atoms with Gasteiger partial charge < -0.3 is 0 Å². The summed E-state index contributed by atoms with van der Waals surface area (Å²) in [4.78, 5) is 0.714. The predicted molar refractivity (Wildman–Crippen MR) is 62.2 cm³/mol. The molecule has 0 spiro atoms. The Morgan fingerprint density at radius 2 is 2.07 bits per heavy atom. The third-order valence-corrected chi connectivity index (χ3v) is 5.92. The van der Waals surface area contributed by atoms with Gasteiger partial charge in [0.05, 0.1) is 15.6 Å². The number of hydrogen-bond donors (Lipinski definition) is 0. The second-order valence-electron chi connectivity index (χ2n) is 3.07. The summed E-state index contributed by atoms with van der Waals surface area (Å²) < 4.78 is 22.5. The topological polar surface area (TPSA) is 34.1 Å². The molecule has 0 saturated heterocycles. The van der Waals surface area contributed by atoms with Crippen LogP contribution in [0.15, 0.2) is 11.4 Å². The van der Waals surface area contributed by atoms with Crippen LogP contribution in [0.5, 0.6) is 0 Å². The molecule has 80 valence electrons. The molecule has 1 aromatic rings. The van der Waals surface area contributed by atoms with E-state index in [2.05, 4.69) is 0 Å². The van der Waals surface area contributed by atoms with Crippen molar-refractivity contribution in [1.82, 2.24) is 0 Å². The maximum Gasteiger partial charge on any atom is 0.151 e. The maximum atomic E-state index is 11.3. The lowest BCUT2D eigenvalue weighted by Gasteiger charge is -2.15. The summed E-state index contributed by atoms with van der Waals surface area (Å²) >= 11 is 13.3. The summed E-state index contributed by atoms with van der Waals surface area (Å²) in [5.41, 5.74) is 0. The molecule has 0 amide bonds. The summed E-state index contributed by atoms with van der Waals surface area (Å²) in [5, 5.41) is 1.13. The lowest BCUT2D eigenvalue weighted by Crippen LogP contribution is -2.20. The van der Waals surface area contributed by atoms with E-state index in [1.165, 1.54) is 17.6 Å². The third kappa shape index (κ3) is 2.63. The van der Waals surface area contributed by atoms with Crippen LogP contribution in [0.25, 0.3) is 0 Å². The smallest absolute Gasteiger partial charge is 0.151 e. The number of sulfone groups is 1. The SMILES string of the molecule is CC(C(Cl)c1sccc1Cl)S(C)(=O)=O. The minimum Gasteiger partial charge on any atom is -0.229 e. The molecule has 0 fully saturated rings. The fourth-order valence-corrected chi connectivity index (χ4v) is 3.73. The molecule has 14 heavy (non-hydrogen) atoms. The van der Waals surface area contributed by atoms with Crippen LogP contribution in [0.1, 0.15) is 17.2 Å². The Balaban J connectivity index is 2.97. The van der Waals surface area contributed by atoms with E-state index >= 15 is 0 Å². The Hall–Kier alpha value is 0.230. The Kier molecular flexibility index (Phi) is 3.86. The highest BCUT2D eigenvalue weighted by atomic mass is 35.5. The second-order valence-corrected chi connectivity index (χ2v) is 7.30. The second kappa shape index (κ2) is 4.39. The van der Waals surface area contributed by atoms with Crippen molar-refractivity contribution in [3.63, 3.8) is 0 Å². The van der Waals surface area contributed by atoms with E-state index in [9.17, 15) is 8.42 Å². The molecule has 0 N–H and O–H groups in total. The number of alkyl halides is 1. The van der Waals surface area contributed by atoms with E-state index in [1.54, 1.807) is 18.4 Å². The normalized spacial score (nSPS) is 16.6. The van der Waals surface area contributed by atoms with Gasteiger partial charge in [-0.1, -0.05) is 11.6 Å². The van der Waals surface area contributed by atoms with Gasteiger partial charge in [0.1, 0.15) is 0 Å². The van der Waals surface area contributed by atoms with Gasteiger partial charge >= 0.3 is 0 Å². The molecule has 0 saturated carbocycles. The molecule has 2 nitrogen and oxygen atoms in total. The molecule has 1 rings (SSSR count). The van der Waals surface area contributed by atoms with E-state index in [0.717, 1.165) is 0 Å². The first-order chi connectivity index (χ1) is 6.34. The molecule has 0 aliphatic carbocycles.